The van der Waals surface area contributed by atoms with E-state index in [1.54, 1.807) is 35.6 Å². The molecular formula is C21H19F2NOS. The minimum absolute atomic E-state index is 0.107. The quantitative estimate of drug-likeness (QED) is 0.618. The molecule has 134 valence electrons. The average Bonchev–Trinajstić information content (AvgIpc) is 3.13. The van der Waals surface area contributed by atoms with E-state index in [1.807, 2.05) is 17.5 Å². The molecule has 1 heterocycles. The number of benzene rings is 2. The highest BCUT2D eigenvalue weighted by Crippen LogP contribution is 2.21. The molecule has 1 amide bonds. The summed E-state index contributed by atoms with van der Waals surface area (Å²) in [4.78, 5) is 13.5. The van der Waals surface area contributed by atoms with Crippen LogP contribution < -0.4 is 5.32 Å². The number of hydrogen-bond acceptors (Lipinski definition) is 2. The predicted octanol–water partition coefficient (Wildman–Crippen LogP) is 5.06. The van der Waals surface area contributed by atoms with E-state index in [-0.39, 0.29) is 17.5 Å². The molecular weight excluding hydrogens is 352 g/mol. The van der Waals surface area contributed by atoms with Gasteiger partial charge in [-0.1, -0.05) is 30.3 Å². The molecule has 26 heavy (non-hydrogen) atoms. The number of halogens is 2. The second kappa shape index (κ2) is 8.72. The topological polar surface area (TPSA) is 29.1 Å². The van der Waals surface area contributed by atoms with Gasteiger partial charge >= 0.3 is 0 Å². The average molecular weight is 371 g/mol. The lowest BCUT2D eigenvalue weighted by atomic mass is 9.98. The molecule has 0 fully saturated rings. The van der Waals surface area contributed by atoms with Gasteiger partial charge in [0, 0.05) is 11.3 Å². The first-order valence-electron chi connectivity index (χ1n) is 8.42. The van der Waals surface area contributed by atoms with Crippen LogP contribution in [0.2, 0.25) is 0 Å². The largest absolute Gasteiger partial charge is 0.349 e. The Morgan fingerprint density at radius 3 is 2.46 bits per heavy atom. The van der Waals surface area contributed by atoms with Crippen molar-refractivity contribution < 1.29 is 13.6 Å². The van der Waals surface area contributed by atoms with Crippen molar-refractivity contribution in [3.05, 3.63) is 93.7 Å². The van der Waals surface area contributed by atoms with Crippen LogP contribution >= 0.6 is 11.3 Å². The Bertz CT molecular complexity index is 864. The van der Waals surface area contributed by atoms with Crippen molar-refractivity contribution in [3.63, 3.8) is 0 Å². The summed E-state index contributed by atoms with van der Waals surface area (Å²) < 4.78 is 27.1. The minimum atomic E-state index is -0.414. The second-order valence-corrected chi connectivity index (χ2v) is 7.12. The zero-order valence-corrected chi connectivity index (χ0v) is 14.9. The maximum absolute atomic E-state index is 13.6. The first-order valence-corrected chi connectivity index (χ1v) is 9.30. The van der Waals surface area contributed by atoms with E-state index in [2.05, 4.69) is 5.32 Å². The molecule has 2 aromatic carbocycles. The predicted molar refractivity (Wildman–Crippen MR) is 100 cm³/mol. The van der Waals surface area contributed by atoms with Crippen molar-refractivity contribution in [3.8, 4) is 0 Å². The van der Waals surface area contributed by atoms with Gasteiger partial charge < -0.3 is 5.32 Å². The minimum Gasteiger partial charge on any atom is -0.349 e. The second-order valence-electron chi connectivity index (χ2n) is 6.09. The Morgan fingerprint density at radius 2 is 1.77 bits per heavy atom. The van der Waals surface area contributed by atoms with Gasteiger partial charge in [0.15, 0.2) is 0 Å². The normalized spacial score (nSPS) is 11.9. The van der Waals surface area contributed by atoms with E-state index < -0.39 is 6.04 Å². The molecule has 0 aliphatic rings. The van der Waals surface area contributed by atoms with E-state index in [9.17, 15) is 13.6 Å². The van der Waals surface area contributed by atoms with Crippen LogP contribution in [0, 0.1) is 11.6 Å². The highest BCUT2D eigenvalue weighted by atomic mass is 32.1. The number of carbonyl (C=O) groups is 1. The highest BCUT2D eigenvalue weighted by molar-refractivity contribution is 7.09. The Hall–Kier alpha value is -2.53. The zero-order chi connectivity index (χ0) is 18.4. The number of hydrogen-bond donors (Lipinski definition) is 1. The van der Waals surface area contributed by atoms with Crippen molar-refractivity contribution in [2.45, 2.75) is 25.3 Å². The Kier molecular flexibility index (Phi) is 6.12. The maximum Gasteiger partial charge on any atom is 0.220 e. The number of nitrogens with one attached hydrogen (secondary N) is 1. The Morgan fingerprint density at radius 1 is 1.00 bits per heavy atom. The molecule has 0 spiro atoms. The fourth-order valence-corrected chi connectivity index (χ4v) is 3.54. The fourth-order valence-electron chi connectivity index (χ4n) is 2.83. The summed E-state index contributed by atoms with van der Waals surface area (Å²) >= 11 is 1.62. The van der Waals surface area contributed by atoms with Crippen molar-refractivity contribution in [1.82, 2.24) is 5.32 Å². The summed E-state index contributed by atoms with van der Waals surface area (Å²) in [6, 6.07) is 15.9. The summed E-state index contributed by atoms with van der Waals surface area (Å²) in [7, 11) is 0. The molecule has 1 unspecified atom stereocenters. The molecule has 0 bridgehead atoms. The molecule has 2 nitrogen and oxygen atoms in total. The van der Waals surface area contributed by atoms with Crippen LogP contribution in [0.4, 0.5) is 8.78 Å². The maximum atomic E-state index is 13.6. The number of rotatable bonds is 7. The van der Waals surface area contributed by atoms with Crippen LogP contribution in [0.1, 0.15) is 28.5 Å². The molecule has 3 aromatic rings. The van der Waals surface area contributed by atoms with E-state index in [1.165, 1.54) is 24.3 Å². The molecule has 5 heteroatoms. The van der Waals surface area contributed by atoms with E-state index >= 15 is 0 Å². The third-order valence-electron chi connectivity index (χ3n) is 4.09. The van der Waals surface area contributed by atoms with Gasteiger partial charge in [0.2, 0.25) is 5.91 Å². The summed E-state index contributed by atoms with van der Waals surface area (Å²) in [6.07, 6.45) is 1.42. The van der Waals surface area contributed by atoms with Gasteiger partial charge in [-0.05, 0) is 59.7 Å². The van der Waals surface area contributed by atoms with Crippen LogP contribution in [-0.2, 0) is 17.6 Å². The number of carbonyl (C=O) groups excluding carboxylic acids is 1. The lowest BCUT2D eigenvalue weighted by molar-refractivity contribution is -0.121. The molecule has 1 aromatic heterocycles. The van der Waals surface area contributed by atoms with Gasteiger partial charge in [0.05, 0.1) is 6.04 Å². The van der Waals surface area contributed by atoms with Crippen molar-refractivity contribution >= 4 is 17.2 Å². The lowest BCUT2D eigenvalue weighted by Crippen LogP contribution is -2.30. The van der Waals surface area contributed by atoms with Crippen LogP contribution in [0.5, 0.6) is 0 Å². The SMILES string of the molecule is O=C(CCc1cccs1)NC(Cc1cccc(F)c1)c1cccc(F)c1. The first-order chi connectivity index (χ1) is 12.6. The van der Waals surface area contributed by atoms with Crippen molar-refractivity contribution in [2.24, 2.45) is 0 Å². The van der Waals surface area contributed by atoms with Gasteiger partial charge in [0.25, 0.3) is 0 Å². The third-order valence-corrected chi connectivity index (χ3v) is 5.03. The van der Waals surface area contributed by atoms with Crippen molar-refractivity contribution in [2.75, 3.05) is 0 Å². The molecule has 3 rings (SSSR count). The van der Waals surface area contributed by atoms with Crippen LogP contribution in [0.15, 0.2) is 66.0 Å². The number of aryl methyl sites for hydroxylation is 1. The number of amides is 1. The van der Waals surface area contributed by atoms with Gasteiger partial charge in [-0.2, -0.15) is 0 Å². The van der Waals surface area contributed by atoms with Gasteiger partial charge in [0.1, 0.15) is 11.6 Å². The first kappa shape index (κ1) is 18.3. The van der Waals surface area contributed by atoms with Crippen LogP contribution in [-0.4, -0.2) is 5.91 Å². The van der Waals surface area contributed by atoms with E-state index in [4.69, 9.17) is 0 Å². The molecule has 0 saturated heterocycles. The summed E-state index contributed by atoms with van der Waals surface area (Å²) in [6.45, 7) is 0. The fraction of sp³-hybridized carbons (Fsp3) is 0.190. The molecule has 1 N–H and O–H groups in total. The van der Waals surface area contributed by atoms with Crippen molar-refractivity contribution in [1.29, 1.82) is 0 Å². The smallest absolute Gasteiger partial charge is 0.220 e. The molecule has 0 aliphatic carbocycles. The third kappa shape index (κ3) is 5.23. The molecule has 0 saturated carbocycles. The highest BCUT2D eigenvalue weighted by Gasteiger charge is 2.16. The standard InChI is InChI=1S/C21H19F2NOS/c22-17-6-1-4-15(12-17)13-20(16-5-2-7-18(23)14-16)24-21(25)10-9-19-8-3-11-26-19/h1-8,11-12,14,20H,9-10,13H2,(H,24,25). The summed E-state index contributed by atoms with van der Waals surface area (Å²) in [5.74, 6) is -0.798. The zero-order valence-electron chi connectivity index (χ0n) is 14.1. The van der Waals surface area contributed by atoms with E-state index in [0.29, 0.717) is 24.8 Å². The monoisotopic (exact) mass is 371 g/mol. The van der Waals surface area contributed by atoms with E-state index in [0.717, 1.165) is 10.4 Å². The number of thiophene rings is 1. The molecule has 0 aliphatic heterocycles. The Labute approximate surface area is 155 Å². The summed E-state index contributed by atoms with van der Waals surface area (Å²) in [5, 5.41) is 4.95. The Balaban J connectivity index is 1.72. The van der Waals surface area contributed by atoms with Crippen LogP contribution in [0.25, 0.3) is 0 Å². The van der Waals surface area contributed by atoms with Gasteiger partial charge in [-0.3, -0.25) is 4.79 Å². The summed E-state index contributed by atoms with van der Waals surface area (Å²) in [5.41, 5.74) is 1.41. The van der Waals surface area contributed by atoms with Gasteiger partial charge in [-0.15, -0.1) is 11.3 Å². The molecule has 1 atom stereocenters. The molecule has 0 radical (unpaired) electrons. The lowest BCUT2D eigenvalue weighted by Gasteiger charge is -2.20. The van der Waals surface area contributed by atoms with Gasteiger partial charge in [-0.25, -0.2) is 8.78 Å². The van der Waals surface area contributed by atoms with Crippen LogP contribution in [0.3, 0.4) is 0 Å².